The van der Waals surface area contributed by atoms with Crippen molar-refractivity contribution >= 4 is 28.4 Å². The molecule has 1 rings (SSSR count). The Bertz CT molecular complexity index is 391. The minimum atomic E-state index is 0.421. The van der Waals surface area contributed by atoms with E-state index in [1.807, 2.05) is 0 Å². The second kappa shape index (κ2) is 7.26. The second-order valence-corrected chi connectivity index (χ2v) is 6.18. The molecule has 0 amide bonds. The molecule has 0 aliphatic carbocycles. The van der Waals surface area contributed by atoms with Gasteiger partial charge in [0.25, 0.3) is 0 Å². The van der Waals surface area contributed by atoms with Crippen molar-refractivity contribution in [3.8, 4) is 0 Å². The summed E-state index contributed by atoms with van der Waals surface area (Å²) in [5.74, 6) is 3.08. The van der Waals surface area contributed by atoms with Crippen LogP contribution in [-0.2, 0) is 6.42 Å². The van der Waals surface area contributed by atoms with Gasteiger partial charge in [0, 0.05) is 12.5 Å². The van der Waals surface area contributed by atoms with Gasteiger partial charge in [0.15, 0.2) is 0 Å². The Morgan fingerprint density at radius 1 is 1.17 bits per heavy atom. The summed E-state index contributed by atoms with van der Waals surface area (Å²) >= 11 is 2.34. The van der Waals surface area contributed by atoms with Crippen LogP contribution in [-0.4, -0.2) is 16.5 Å². The van der Waals surface area contributed by atoms with E-state index in [1.165, 1.54) is 0 Å². The molecule has 3 nitrogen and oxygen atoms in total. The number of anilines is 1. The van der Waals surface area contributed by atoms with Gasteiger partial charge in [-0.05, 0) is 48.3 Å². The van der Waals surface area contributed by atoms with Gasteiger partial charge in [-0.15, -0.1) is 0 Å². The molecule has 0 saturated carbocycles. The highest BCUT2D eigenvalue weighted by Crippen LogP contribution is 2.25. The molecule has 1 heterocycles. The van der Waals surface area contributed by atoms with Gasteiger partial charge in [0.2, 0.25) is 0 Å². The monoisotopic (exact) mass is 361 g/mol. The van der Waals surface area contributed by atoms with Crippen LogP contribution in [0.2, 0.25) is 0 Å². The van der Waals surface area contributed by atoms with Gasteiger partial charge in [-0.1, -0.05) is 27.7 Å². The van der Waals surface area contributed by atoms with Gasteiger partial charge in [-0.2, -0.15) is 0 Å². The lowest BCUT2D eigenvalue weighted by Crippen LogP contribution is -2.12. The first-order chi connectivity index (χ1) is 8.49. The number of rotatable bonds is 6. The summed E-state index contributed by atoms with van der Waals surface area (Å²) in [5, 5.41) is 3.34. The van der Waals surface area contributed by atoms with Gasteiger partial charge < -0.3 is 5.32 Å². The number of hydrogen-bond acceptors (Lipinski definition) is 3. The van der Waals surface area contributed by atoms with Crippen molar-refractivity contribution in [3.63, 3.8) is 0 Å². The zero-order valence-electron chi connectivity index (χ0n) is 12.0. The molecule has 0 saturated heterocycles. The van der Waals surface area contributed by atoms with E-state index >= 15 is 0 Å². The van der Waals surface area contributed by atoms with Crippen LogP contribution in [0.3, 0.4) is 0 Å². The molecule has 1 aromatic rings. The highest BCUT2D eigenvalue weighted by molar-refractivity contribution is 14.1. The highest BCUT2D eigenvalue weighted by atomic mass is 127. The molecule has 1 aromatic heterocycles. The van der Waals surface area contributed by atoms with Crippen molar-refractivity contribution in [1.29, 1.82) is 0 Å². The van der Waals surface area contributed by atoms with E-state index in [-0.39, 0.29) is 0 Å². The Hall–Kier alpha value is -0.390. The molecule has 0 bridgehead atoms. The molecular formula is C14H24IN3. The summed E-state index contributed by atoms with van der Waals surface area (Å²) < 4.78 is 1.16. The molecular weight excluding hydrogens is 337 g/mol. The van der Waals surface area contributed by atoms with Crippen molar-refractivity contribution in [2.24, 2.45) is 5.92 Å². The predicted octanol–water partition coefficient (Wildman–Crippen LogP) is 4.23. The minimum absolute atomic E-state index is 0.421. The topological polar surface area (TPSA) is 37.8 Å². The van der Waals surface area contributed by atoms with E-state index in [0.717, 1.165) is 40.3 Å². The molecule has 102 valence electrons. The Morgan fingerprint density at radius 2 is 1.83 bits per heavy atom. The summed E-state index contributed by atoms with van der Waals surface area (Å²) in [5.41, 5.74) is 1.16. The average Bonchev–Trinajstić information content (AvgIpc) is 2.31. The number of aromatic nitrogens is 2. The Kier molecular flexibility index (Phi) is 6.32. The molecule has 0 spiro atoms. The number of aryl methyl sites for hydroxylation is 1. The van der Waals surface area contributed by atoms with Crippen LogP contribution in [0.15, 0.2) is 0 Å². The predicted molar refractivity (Wildman–Crippen MR) is 86.2 cm³/mol. The van der Waals surface area contributed by atoms with Crippen molar-refractivity contribution < 1.29 is 0 Å². The van der Waals surface area contributed by atoms with E-state index in [0.29, 0.717) is 11.8 Å². The van der Waals surface area contributed by atoms with Crippen LogP contribution in [0, 0.1) is 9.49 Å². The lowest BCUT2D eigenvalue weighted by atomic mass is 9.98. The molecule has 4 heteroatoms. The minimum Gasteiger partial charge on any atom is -0.369 e. The standard InChI is InChI=1S/C14H24IN3/c1-6-11-12(15)14(16-7-2)18-13(17-11)10(5)8-9(3)4/h9-10H,6-8H2,1-5H3,(H,16,17,18). The van der Waals surface area contributed by atoms with Crippen molar-refractivity contribution in [2.75, 3.05) is 11.9 Å². The van der Waals surface area contributed by atoms with Crippen LogP contribution >= 0.6 is 22.6 Å². The molecule has 0 radical (unpaired) electrons. The van der Waals surface area contributed by atoms with Crippen molar-refractivity contribution in [1.82, 2.24) is 9.97 Å². The van der Waals surface area contributed by atoms with Crippen LogP contribution < -0.4 is 5.32 Å². The Balaban J connectivity index is 3.08. The van der Waals surface area contributed by atoms with E-state index in [1.54, 1.807) is 0 Å². The maximum Gasteiger partial charge on any atom is 0.143 e. The van der Waals surface area contributed by atoms with Crippen LogP contribution in [0.5, 0.6) is 0 Å². The van der Waals surface area contributed by atoms with Gasteiger partial charge in [0.1, 0.15) is 11.6 Å². The first-order valence-electron chi connectivity index (χ1n) is 6.79. The van der Waals surface area contributed by atoms with Crippen molar-refractivity contribution in [2.45, 2.75) is 53.4 Å². The van der Waals surface area contributed by atoms with E-state index in [4.69, 9.17) is 9.97 Å². The fourth-order valence-electron chi connectivity index (χ4n) is 2.06. The number of hydrogen-bond donors (Lipinski definition) is 1. The quantitative estimate of drug-likeness (QED) is 0.771. The van der Waals surface area contributed by atoms with Crippen LogP contribution in [0.1, 0.15) is 58.5 Å². The summed E-state index contributed by atoms with van der Waals surface area (Å²) in [4.78, 5) is 9.42. The van der Waals surface area contributed by atoms with E-state index in [9.17, 15) is 0 Å². The molecule has 0 aliphatic rings. The van der Waals surface area contributed by atoms with Gasteiger partial charge in [-0.3, -0.25) is 0 Å². The first-order valence-corrected chi connectivity index (χ1v) is 7.87. The molecule has 18 heavy (non-hydrogen) atoms. The SMILES string of the molecule is CCNc1nc(C(C)CC(C)C)nc(CC)c1I. The summed E-state index contributed by atoms with van der Waals surface area (Å²) in [6, 6.07) is 0. The average molecular weight is 361 g/mol. The molecule has 1 N–H and O–H groups in total. The molecule has 0 aliphatic heterocycles. The van der Waals surface area contributed by atoms with Crippen LogP contribution in [0.4, 0.5) is 5.82 Å². The van der Waals surface area contributed by atoms with Gasteiger partial charge >= 0.3 is 0 Å². The van der Waals surface area contributed by atoms with Crippen molar-refractivity contribution in [3.05, 3.63) is 15.1 Å². The summed E-state index contributed by atoms with van der Waals surface area (Å²) in [6.45, 7) is 11.9. The largest absolute Gasteiger partial charge is 0.369 e. The Morgan fingerprint density at radius 3 is 2.33 bits per heavy atom. The number of nitrogens with zero attached hydrogens (tertiary/aromatic N) is 2. The highest BCUT2D eigenvalue weighted by Gasteiger charge is 2.16. The normalized spacial score (nSPS) is 12.8. The lowest BCUT2D eigenvalue weighted by Gasteiger charge is -2.16. The maximum absolute atomic E-state index is 4.73. The first kappa shape index (κ1) is 15.7. The molecule has 0 fully saturated rings. The van der Waals surface area contributed by atoms with Crippen LogP contribution in [0.25, 0.3) is 0 Å². The maximum atomic E-state index is 4.73. The number of halogens is 1. The third-order valence-electron chi connectivity index (χ3n) is 2.88. The zero-order chi connectivity index (χ0) is 13.7. The van der Waals surface area contributed by atoms with Gasteiger partial charge in [0.05, 0.1) is 9.26 Å². The molecule has 1 unspecified atom stereocenters. The fraction of sp³-hybridized carbons (Fsp3) is 0.714. The zero-order valence-corrected chi connectivity index (χ0v) is 14.2. The fourth-order valence-corrected chi connectivity index (χ4v) is 2.88. The summed E-state index contributed by atoms with van der Waals surface area (Å²) in [6.07, 6.45) is 2.09. The Labute approximate surface area is 124 Å². The third kappa shape index (κ3) is 4.07. The van der Waals surface area contributed by atoms with E-state index in [2.05, 4.69) is 62.5 Å². The third-order valence-corrected chi connectivity index (χ3v) is 4.02. The smallest absolute Gasteiger partial charge is 0.143 e. The number of nitrogens with one attached hydrogen (secondary N) is 1. The van der Waals surface area contributed by atoms with Gasteiger partial charge in [-0.25, -0.2) is 9.97 Å². The lowest BCUT2D eigenvalue weighted by molar-refractivity contribution is 0.506. The molecule has 1 atom stereocenters. The van der Waals surface area contributed by atoms with E-state index < -0.39 is 0 Å². The molecule has 0 aromatic carbocycles. The summed E-state index contributed by atoms with van der Waals surface area (Å²) in [7, 11) is 0. The second-order valence-electron chi connectivity index (χ2n) is 5.11.